The van der Waals surface area contributed by atoms with Crippen LogP contribution >= 0.6 is 0 Å². The topological polar surface area (TPSA) is 108 Å². The lowest BCUT2D eigenvalue weighted by atomic mass is 10.1. The van der Waals surface area contributed by atoms with Gasteiger partial charge in [0.15, 0.2) is 0 Å². The molecule has 1 saturated heterocycles. The molecule has 1 aliphatic heterocycles. The average Bonchev–Trinajstić information content (AvgIpc) is 3.08. The van der Waals surface area contributed by atoms with Crippen LogP contribution in [0.15, 0.2) is 48.5 Å². The Hall–Kier alpha value is -3.55. The second-order valence-electron chi connectivity index (χ2n) is 6.42. The molecule has 28 heavy (non-hydrogen) atoms. The normalized spacial score (nSPS) is 16.0. The van der Waals surface area contributed by atoms with Crippen molar-refractivity contribution in [1.82, 2.24) is 5.32 Å². The van der Waals surface area contributed by atoms with Gasteiger partial charge < -0.3 is 25.4 Å². The largest absolute Gasteiger partial charge is 0.508 e. The lowest BCUT2D eigenvalue weighted by Gasteiger charge is -2.17. The van der Waals surface area contributed by atoms with Gasteiger partial charge in [-0.3, -0.25) is 14.4 Å². The zero-order valence-electron chi connectivity index (χ0n) is 15.3. The van der Waals surface area contributed by atoms with Gasteiger partial charge in [0.25, 0.3) is 0 Å². The third-order valence-corrected chi connectivity index (χ3v) is 4.43. The summed E-state index contributed by atoms with van der Waals surface area (Å²) in [4.78, 5) is 38.1. The number of amides is 3. The summed E-state index contributed by atoms with van der Waals surface area (Å²) in [5.74, 6) is -0.726. The molecule has 146 valence electrons. The van der Waals surface area contributed by atoms with Crippen LogP contribution in [-0.4, -0.2) is 43.0 Å². The van der Waals surface area contributed by atoms with Crippen LogP contribution in [0.5, 0.6) is 11.5 Å². The molecule has 0 spiro atoms. The molecule has 0 saturated carbocycles. The molecule has 1 heterocycles. The first-order valence-electron chi connectivity index (χ1n) is 8.77. The Morgan fingerprint density at radius 1 is 1.21 bits per heavy atom. The van der Waals surface area contributed by atoms with Gasteiger partial charge in [-0.1, -0.05) is 6.07 Å². The molecule has 1 fully saturated rings. The molecule has 1 unspecified atom stereocenters. The van der Waals surface area contributed by atoms with Gasteiger partial charge in [-0.05, 0) is 36.4 Å². The summed E-state index contributed by atoms with van der Waals surface area (Å²) in [5, 5.41) is 14.5. The molecule has 3 rings (SSSR count). The summed E-state index contributed by atoms with van der Waals surface area (Å²) in [5.41, 5.74) is 1.13. The van der Waals surface area contributed by atoms with E-state index in [0.29, 0.717) is 17.1 Å². The number of phenols is 1. The van der Waals surface area contributed by atoms with Crippen LogP contribution < -0.4 is 20.3 Å². The van der Waals surface area contributed by atoms with E-state index in [2.05, 4.69) is 10.6 Å². The van der Waals surface area contributed by atoms with Gasteiger partial charge in [0, 0.05) is 30.4 Å². The summed E-state index contributed by atoms with van der Waals surface area (Å²) >= 11 is 0. The predicted molar refractivity (Wildman–Crippen MR) is 103 cm³/mol. The summed E-state index contributed by atoms with van der Waals surface area (Å²) in [6.07, 6.45) is 0.0893. The fourth-order valence-electron chi connectivity index (χ4n) is 3.00. The highest BCUT2D eigenvalue weighted by molar-refractivity contribution is 6.01. The van der Waals surface area contributed by atoms with E-state index in [9.17, 15) is 19.5 Å². The molecule has 8 nitrogen and oxygen atoms in total. The number of nitrogens with one attached hydrogen (secondary N) is 2. The van der Waals surface area contributed by atoms with Crippen LogP contribution in [0.2, 0.25) is 0 Å². The lowest BCUT2D eigenvalue weighted by Crippen LogP contribution is -2.37. The molecule has 0 radical (unpaired) electrons. The molecule has 0 aromatic heterocycles. The first-order chi connectivity index (χ1) is 13.5. The van der Waals surface area contributed by atoms with Crippen molar-refractivity contribution in [3.05, 3.63) is 48.5 Å². The number of carbonyl (C=O) groups excluding carboxylic acids is 3. The number of methoxy groups -OCH3 is 1. The van der Waals surface area contributed by atoms with E-state index in [0.717, 1.165) is 0 Å². The standard InChI is InChI=1S/C20H21N3O5/c1-28-17-7-5-15(6-8-17)23-12-13(9-19(23)26)20(27)21-11-18(25)22-14-3-2-4-16(24)10-14/h2-8,10,13,24H,9,11-12H2,1H3,(H,21,27)(H,22,25). The average molecular weight is 383 g/mol. The molecule has 3 amide bonds. The van der Waals surface area contributed by atoms with Crippen LogP contribution in [0.25, 0.3) is 0 Å². The number of carbonyl (C=O) groups is 3. The van der Waals surface area contributed by atoms with Gasteiger partial charge in [0.2, 0.25) is 17.7 Å². The maximum Gasteiger partial charge on any atom is 0.243 e. The van der Waals surface area contributed by atoms with Crippen LogP contribution in [-0.2, 0) is 14.4 Å². The number of hydrogen-bond donors (Lipinski definition) is 3. The van der Waals surface area contributed by atoms with Crippen molar-refractivity contribution in [3.8, 4) is 11.5 Å². The summed E-state index contributed by atoms with van der Waals surface area (Å²) < 4.78 is 5.10. The molecule has 1 aliphatic rings. The Kier molecular flexibility index (Phi) is 5.78. The van der Waals surface area contributed by atoms with Crippen molar-refractivity contribution in [2.24, 2.45) is 5.92 Å². The number of anilines is 2. The summed E-state index contributed by atoms with van der Waals surface area (Å²) in [6, 6.07) is 13.2. The molecular weight excluding hydrogens is 362 g/mol. The minimum absolute atomic E-state index is 0.0323. The third kappa shape index (κ3) is 4.59. The quantitative estimate of drug-likeness (QED) is 0.701. The highest BCUT2D eigenvalue weighted by atomic mass is 16.5. The Morgan fingerprint density at radius 3 is 2.64 bits per heavy atom. The van der Waals surface area contributed by atoms with Gasteiger partial charge in [-0.25, -0.2) is 0 Å². The molecule has 2 aromatic carbocycles. The molecule has 1 atom stereocenters. The number of aromatic hydroxyl groups is 1. The van der Waals surface area contributed by atoms with Crippen LogP contribution in [0.4, 0.5) is 11.4 Å². The molecule has 8 heteroatoms. The van der Waals surface area contributed by atoms with Crippen LogP contribution in [0, 0.1) is 5.92 Å². The number of hydrogen-bond acceptors (Lipinski definition) is 5. The van der Waals surface area contributed by atoms with Crippen molar-refractivity contribution >= 4 is 29.1 Å². The van der Waals surface area contributed by atoms with Gasteiger partial charge >= 0.3 is 0 Å². The maximum absolute atomic E-state index is 12.3. The summed E-state index contributed by atoms with van der Waals surface area (Å²) in [7, 11) is 1.56. The first-order valence-corrected chi connectivity index (χ1v) is 8.77. The van der Waals surface area contributed by atoms with E-state index in [4.69, 9.17) is 4.74 Å². The number of benzene rings is 2. The minimum atomic E-state index is -0.525. The SMILES string of the molecule is COc1ccc(N2CC(C(=O)NCC(=O)Nc3cccc(O)c3)CC2=O)cc1. The highest BCUT2D eigenvalue weighted by Gasteiger charge is 2.35. The van der Waals surface area contributed by atoms with Crippen molar-refractivity contribution in [2.75, 3.05) is 30.4 Å². The zero-order chi connectivity index (χ0) is 20.1. The van der Waals surface area contributed by atoms with Gasteiger partial charge in [-0.2, -0.15) is 0 Å². The molecule has 0 aliphatic carbocycles. The Morgan fingerprint density at radius 2 is 1.96 bits per heavy atom. The van der Waals surface area contributed by atoms with Gasteiger partial charge in [0.1, 0.15) is 11.5 Å². The third-order valence-electron chi connectivity index (χ3n) is 4.43. The predicted octanol–water partition coefficient (Wildman–Crippen LogP) is 1.51. The maximum atomic E-state index is 12.3. The molecule has 3 N–H and O–H groups in total. The number of phenolic OH excluding ortho intramolecular Hbond substituents is 1. The van der Waals surface area contributed by atoms with E-state index in [-0.39, 0.29) is 37.1 Å². The van der Waals surface area contributed by atoms with Crippen LogP contribution in [0.3, 0.4) is 0 Å². The fourth-order valence-corrected chi connectivity index (χ4v) is 3.00. The molecule has 2 aromatic rings. The van der Waals surface area contributed by atoms with E-state index in [1.165, 1.54) is 12.1 Å². The number of nitrogens with zero attached hydrogens (tertiary/aromatic N) is 1. The molecular formula is C20H21N3O5. The van der Waals surface area contributed by atoms with Crippen molar-refractivity contribution < 1.29 is 24.2 Å². The zero-order valence-corrected chi connectivity index (χ0v) is 15.3. The van der Waals surface area contributed by atoms with E-state index in [1.807, 2.05) is 0 Å². The number of rotatable bonds is 6. The second-order valence-corrected chi connectivity index (χ2v) is 6.42. The van der Waals surface area contributed by atoms with Crippen LogP contribution in [0.1, 0.15) is 6.42 Å². The molecule has 0 bridgehead atoms. The Bertz CT molecular complexity index is 882. The highest BCUT2D eigenvalue weighted by Crippen LogP contribution is 2.26. The monoisotopic (exact) mass is 383 g/mol. The van der Waals surface area contributed by atoms with Crippen molar-refractivity contribution in [2.45, 2.75) is 6.42 Å². The lowest BCUT2D eigenvalue weighted by molar-refractivity contribution is -0.127. The second kappa shape index (κ2) is 8.43. The van der Waals surface area contributed by atoms with Gasteiger partial charge in [0.05, 0.1) is 19.6 Å². The van der Waals surface area contributed by atoms with E-state index >= 15 is 0 Å². The van der Waals surface area contributed by atoms with E-state index < -0.39 is 11.8 Å². The minimum Gasteiger partial charge on any atom is -0.508 e. The first kappa shape index (κ1) is 19.2. The Balaban J connectivity index is 1.52. The Labute approximate surface area is 162 Å². The van der Waals surface area contributed by atoms with Crippen molar-refractivity contribution in [3.63, 3.8) is 0 Å². The number of ether oxygens (including phenoxy) is 1. The fraction of sp³-hybridized carbons (Fsp3) is 0.250. The van der Waals surface area contributed by atoms with Crippen molar-refractivity contribution in [1.29, 1.82) is 0 Å². The van der Waals surface area contributed by atoms with E-state index in [1.54, 1.807) is 48.4 Å². The smallest absolute Gasteiger partial charge is 0.243 e. The summed E-state index contributed by atoms with van der Waals surface area (Å²) in [6.45, 7) is 0.0346. The van der Waals surface area contributed by atoms with Gasteiger partial charge in [-0.15, -0.1) is 0 Å².